The van der Waals surface area contributed by atoms with Gasteiger partial charge in [0.15, 0.2) is 14.9 Å². The van der Waals surface area contributed by atoms with E-state index in [0.29, 0.717) is 12.1 Å². The Kier molecular flexibility index (Phi) is 4.41. The second kappa shape index (κ2) is 5.33. The van der Waals surface area contributed by atoms with Crippen molar-refractivity contribution in [3.63, 3.8) is 0 Å². The molecule has 106 valence electrons. The van der Waals surface area contributed by atoms with Gasteiger partial charge in [-0.2, -0.15) is 13.2 Å². The molecule has 0 aliphatic heterocycles. The standard InChI is InChI=1S/C9H8ClF3N2O3S/c10-3-4-19(17,18)8-5(7(14)16)1-2-6(15-8)9(11,12)13/h1-2H,3-4H2,(H2,14,16). The van der Waals surface area contributed by atoms with Gasteiger partial charge in [0.05, 0.1) is 11.3 Å². The lowest BCUT2D eigenvalue weighted by Crippen LogP contribution is -2.22. The molecule has 0 saturated carbocycles. The number of sulfone groups is 1. The first kappa shape index (κ1) is 15.7. The van der Waals surface area contributed by atoms with Gasteiger partial charge in [-0.25, -0.2) is 13.4 Å². The van der Waals surface area contributed by atoms with Crippen molar-refractivity contribution in [1.29, 1.82) is 0 Å². The fourth-order valence-corrected chi connectivity index (χ4v) is 2.97. The summed E-state index contributed by atoms with van der Waals surface area (Å²) < 4.78 is 60.9. The number of hydrogen-bond acceptors (Lipinski definition) is 4. The van der Waals surface area contributed by atoms with Crippen LogP contribution in [0.5, 0.6) is 0 Å². The fourth-order valence-electron chi connectivity index (χ4n) is 1.22. The van der Waals surface area contributed by atoms with Crippen LogP contribution in [-0.4, -0.2) is 30.9 Å². The lowest BCUT2D eigenvalue weighted by molar-refractivity contribution is -0.141. The van der Waals surface area contributed by atoms with Crippen LogP contribution in [0.4, 0.5) is 13.2 Å². The van der Waals surface area contributed by atoms with Crippen LogP contribution >= 0.6 is 11.6 Å². The normalized spacial score (nSPS) is 12.4. The summed E-state index contributed by atoms with van der Waals surface area (Å²) in [4.78, 5) is 14.0. The van der Waals surface area contributed by atoms with E-state index in [-0.39, 0.29) is 5.88 Å². The zero-order valence-electron chi connectivity index (χ0n) is 9.24. The van der Waals surface area contributed by atoms with Crippen molar-refractivity contribution in [3.05, 3.63) is 23.4 Å². The number of carbonyl (C=O) groups excluding carboxylic acids is 1. The molecule has 0 spiro atoms. The zero-order chi connectivity index (χ0) is 14.8. The number of primary amides is 1. The number of alkyl halides is 4. The van der Waals surface area contributed by atoms with E-state index in [2.05, 4.69) is 4.98 Å². The van der Waals surface area contributed by atoms with E-state index in [4.69, 9.17) is 17.3 Å². The number of halogens is 4. The minimum Gasteiger partial charge on any atom is -0.366 e. The van der Waals surface area contributed by atoms with Gasteiger partial charge in [0.2, 0.25) is 0 Å². The molecule has 2 N–H and O–H groups in total. The Morgan fingerprint density at radius 3 is 2.37 bits per heavy atom. The number of carbonyl (C=O) groups is 1. The van der Waals surface area contributed by atoms with Gasteiger partial charge in [0.1, 0.15) is 5.69 Å². The highest BCUT2D eigenvalue weighted by Gasteiger charge is 2.35. The van der Waals surface area contributed by atoms with Crippen molar-refractivity contribution in [3.8, 4) is 0 Å². The number of nitrogens with two attached hydrogens (primary N) is 1. The van der Waals surface area contributed by atoms with Crippen molar-refractivity contribution in [2.24, 2.45) is 5.73 Å². The Hall–Kier alpha value is -1.35. The third kappa shape index (κ3) is 3.57. The lowest BCUT2D eigenvalue weighted by Gasteiger charge is -2.10. The Labute approximate surface area is 111 Å². The van der Waals surface area contributed by atoms with Gasteiger partial charge in [-0.05, 0) is 12.1 Å². The lowest BCUT2D eigenvalue weighted by atomic mass is 10.2. The molecule has 0 aliphatic carbocycles. The molecule has 5 nitrogen and oxygen atoms in total. The summed E-state index contributed by atoms with van der Waals surface area (Å²) in [7, 11) is -4.21. The summed E-state index contributed by atoms with van der Waals surface area (Å²) >= 11 is 5.25. The van der Waals surface area contributed by atoms with E-state index < -0.39 is 44.0 Å². The minimum absolute atomic E-state index is 0.349. The van der Waals surface area contributed by atoms with Crippen LogP contribution in [0.2, 0.25) is 0 Å². The average molecular weight is 317 g/mol. The van der Waals surface area contributed by atoms with E-state index in [9.17, 15) is 26.4 Å². The summed E-state index contributed by atoms with van der Waals surface area (Å²) in [6.07, 6.45) is -4.83. The van der Waals surface area contributed by atoms with Crippen LogP contribution in [0.25, 0.3) is 0 Å². The van der Waals surface area contributed by atoms with Crippen molar-refractivity contribution in [2.75, 3.05) is 11.6 Å². The van der Waals surface area contributed by atoms with Crippen LogP contribution in [0, 0.1) is 0 Å². The van der Waals surface area contributed by atoms with E-state index in [1.165, 1.54) is 0 Å². The van der Waals surface area contributed by atoms with E-state index in [1.807, 2.05) is 0 Å². The SMILES string of the molecule is NC(=O)c1ccc(C(F)(F)F)nc1S(=O)(=O)CCCl. The quantitative estimate of drug-likeness (QED) is 0.845. The maximum atomic E-state index is 12.5. The topological polar surface area (TPSA) is 90.1 Å². The highest BCUT2D eigenvalue weighted by atomic mass is 35.5. The Morgan fingerprint density at radius 1 is 1.37 bits per heavy atom. The Balaban J connectivity index is 3.53. The molecule has 0 unspecified atom stereocenters. The molecule has 0 aromatic carbocycles. The van der Waals surface area contributed by atoms with Gasteiger partial charge < -0.3 is 5.73 Å². The van der Waals surface area contributed by atoms with Crippen LogP contribution in [0.1, 0.15) is 16.1 Å². The Bertz CT molecular complexity index is 601. The fraction of sp³-hybridized carbons (Fsp3) is 0.333. The summed E-state index contributed by atoms with van der Waals surface area (Å²) in [5, 5.41) is -1.00. The summed E-state index contributed by atoms with van der Waals surface area (Å²) in [5.74, 6) is -2.18. The second-order valence-electron chi connectivity index (χ2n) is 3.42. The van der Waals surface area contributed by atoms with Gasteiger partial charge in [0, 0.05) is 5.88 Å². The predicted molar refractivity (Wildman–Crippen MR) is 60.5 cm³/mol. The minimum atomic E-state index is -4.83. The Morgan fingerprint density at radius 2 is 1.95 bits per heavy atom. The third-order valence-corrected chi connectivity index (χ3v) is 4.11. The largest absolute Gasteiger partial charge is 0.433 e. The van der Waals surface area contributed by atoms with E-state index in [0.717, 1.165) is 0 Å². The van der Waals surface area contributed by atoms with Crippen molar-refractivity contribution in [1.82, 2.24) is 4.98 Å². The molecule has 19 heavy (non-hydrogen) atoms. The summed E-state index contributed by atoms with van der Waals surface area (Å²) in [6, 6.07) is 1.17. The second-order valence-corrected chi connectivity index (χ2v) is 5.82. The molecule has 1 amide bonds. The maximum absolute atomic E-state index is 12.5. The molecule has 0 aliphatic rings. The maximum Gasteiger partial charge on any atom is 0.433 e. The van der Waals surface area contributed by atoms with Crippen LogP contribution in [0.3, 0.4) is 0 Å². The van der Waals surface area contributed by atoms with Crippen molar-refractivity contribution in [2.45, 2.75) is 11.2 Å². The van der Waals surface area contributed by atoms with Gasteiger partial charge in [-0.1, -0.05) is 0 Å². The van der Waals surface area contributed by atoms with Crippen LogP contribution < -0.4 is 5.73 Å². The predicted octanol–water partition coefficient (Wildman–Crippen LogP) is 1.21. The molecule has 10 heteroatoms. The number of aromatic nitrogens is 1. The highest BCUT2D eigenvalue weighted by Crippen LogP contribution is 2.29. The number of rotatable bonds is 4. The molecule has 1 rings (SSSR count). The number of amides is 1. The molecule has 1 heterocycles. The van der Waals surface area contributed by atoms with E-state index in [1.54, 1.807) is 0 Å². The molecule has 1 aromatic rings. The molecule has 0 bridgehead atoms. The van der Waals surface area contributed by atoms with Crippen molar-refractivity contribution >= 4 is 27.3 Å². The molecule has 0 atom stereocenters. The van der Waals surface area contributed by atoms with Gasteiger partial charge in [-0.15, -0.1) is 11.6 Å². The highest BCUT2D eigenvalue weighted by molar-refractivity contribution is 7.91. The summed E-state index contributed by atoms with van der Waals surface area (Å²) in [6.45, 7) is 0. The zero-order valence-corrected chi connectivity index (χ0v) is 10.8. The average Bonchev–Trinajstić information content (AvgIpc) is 2.26. The summed E-state index contributed by atoms with van der Waals surface area (Å²) in [5.41, 5.74) is 2.88. The molecule has 0 radical (unpaired) electrons. The van der Waals surface area contributed by atoms with Crippen LogP contribution in [0.15, 0.2) is 17.2 Å². The molecular weight excluding hydrogens is 309 g/mol. The third-order valence-electron chi connectivity index (χ3n) is 2.06. The van der Waals surface area contributed by atoms with Crippen LogP contribution in [-0.2, 0) is 16.0 Å². The first-order chi connectivity index (χ1) is 8.59. The monoisotopic (exact) mass is 316 g/mol. The van der Waals surface area contributed by atoms with Crippen molar-refractivity contribution < 1.29 is 26.4 Å². The number of hydrogen-bond donors (Lipinski definition) is 1. The molecule has 0 saturated heterocycles. The van der Waals surface area contributed by atoms with Gasteiger partial charge >= 0.3 is 6.18 Å². The molecule has 1 aromatic heterocycles. The smallest absolute Gasteiger partial charge is 0.366 e. The van der Waals surface area contributed by atoms with Gasteiger partial charge in [0.25, 0.3) is 5.91 Å². The first-order valence-corrected chi connectivity index (χ1v) is 6.95. The number of pyridine rings is 1. The van der Waals surface area contributed by atoms with E-state index >= 15 is 0 Å². The number of nitrogens with zero attached hydrogens (tertiary/aromatic N) is 1. The molecule has 0 fully saturated rings. The first-order valence-electron chi connectivity index (χ1n) is 4.76. The van der Waals surface area contributed by atoms with Gasteiger partial charge in [-0.3, -0.25) is 4.79 Å². The molecular formula is C9H8ClF3N2O3S.